The van der Waals surface area contributed by atoms with Gasteiger partial charge in [0.2, 0.25) is 0 Å². The Balaban J connectivity index is 1.76. The number of anilines is 1. The Morgan fingerprint density at radius 1 is 0.839 bits per heavy atom. The predicted octanol–water partition coefficient (Wildman–Crippen LogP) is 3.23. The Bertz CT molecular complexity index is 762. The molecular weight excluding hydrogens is 510 g/mol. The van der Waals surface area contributed by atoms with Crippen molar-refractivity contribution in [2.75, 3.05) is 38.8 Å². The predicted molar refractivity (Wildman–Crippen MR) is 123 cm³/mol. The van der Waals surface area contributed by atoms with Crippen LogP contribution in [0.15, 0.2) is 54.6 Å². The van der Waals surface area contributed by atoms with Gasteiger partial charge in [0.1, 0.15) is 0 Å². The van der Waals surface area contributed by atoms with E-state index in [0.29, 0.717) is 13.1 Å². The molecule has 2 aromatic rings. The topological polar surface area (TPSA) is 65.1 Å². The van der Waals surface area contributed by atoms with E-state index in [9.17, 15) is 9.59 Å². The summed E-state index contributed by atoms with van der Waals surface area (Å²) in [6, 6.07) is 18.4. The Kier molecular flexibility index (Phi) is 11.9. The molecule has 0 amide bonds. The van der Waals surface area contributed by atoms with Crippen LogP contribution >= 0.6 is 0 Å². The third-order valence-corrected chi connectivity index (χ3v) is 7.78. The van der Waals surface area contributed by atoms with Crippen molar-refractivity contribution >= 4 is 42.2 Å². The molecule has 0 aromatic heterocycles. The number of hydrogen-bond donors (Lipinski definition) is 0. The zero-order chi connectivity index (χ0) is 22.3. The van der Waals surface area contributed by atoms with E-state index in [1.54, 1.807) is 0 Å². The number of carbonyl (C=O) groups excluding carboxylic acids is 2. The van der Waals surface area contributed by atoms with Gasteiger partial charge in [-0.15, -0.1) is 0 Å². The van der Waals surface area contributed by atoms with E-state index in [1.807, 2.05) is 35.2 Å². The van der Waals surface area contributed by atoms with E-state index >= 15 is 0 Å². The zero-order valence-electron chi connectivity index (χ0n) is 18.2. The van der Waals surface area contributed by atoms with Crippen molar-refractivity contribution in [3.05, 3.63) is 54.6 Å². The van der Waals surface area contributed by atoms with Gasteiger partial charge < -0.3 is 0 Å². The van der Waals surface area contributed by atoms with E-state index in [4.69, 9.17) is 14.2 Å². The van der Waals surface area contributed by atoms with Crippen LogP contribution < -0.4 is 13.2 Å². The van der Waals surface area contributed by atoms with Crippen molar-refractivity contribution in [3.63, 3.8) is 0 Å². The fourth-order valence-corrected chi connectivity index (χ4v) is 5.49. The van der Waals surface area contributed by atoms with Gasteiger partial charge in [-0.2, -0.15) is 0 Å². The van der Waals surface area contributed by atoms with Crippen molar-refractivity contribution in [2.24, 2.45) is 0 Å². The Labute approximate surface area is 194 Å². The van der Waals surface area contributed by atoms with Gasteiger partial charge in [-0.25, -0.2) is 0 Å². The summed E-state index contributed by atoms with van der Waals surface area (Å²) in [5, 5.41) is 0. The molecule has 0 saturated heterocycles. The molecule has 31 heavy (non-hydrogen) atoms. The summed E-state index contributed by atoms with van der Waals surface area (Å²) in [5.41, 5.74) is 1.00. The second-order valence-corrected chi connectivity index (χ2v) is 10.2. The second kappa shape index (κ2) is 14.7. The molecule has 0 aliphatic rings. The van der Waals surface area contributed by atoms with Gasteiger partial charge in [-0.05, 0) is 0 Å². The van der Waals surface area contributed by atoms with Crippen LogP contribution in [0, 0.1) is 0 Å². The average molecular weight is 541 g/mol. The minimum absolute atomic E-state index is 0.236. The van der Waals surface area contributed by atoms with Crippen LogP contribution in [0.25, 0.3) is 0 Å². The van der Waals surface area contributed by atoms with Gasteiger partial charge in [-0.3, -0.25) is 0 Å². The number of hydrogen-bond acceptors (Lipinski definition) is 6. The number of nitrogens with zero attached hydrogens (tertiary/aromatic N) is 1. The molecule has 2 rings (SSSR count). The summed E-state index contributed by atoms with van der Waals surface area (Å²) >= 11 is -0.236. The number of methoxy groups -OCH3 is 2. The molecule has 6 nitrogen and oxygen atoms in total. The maximum atomic E-state index is 11.5. The summed E-state index contributed by atoms with van der Waals surface area (Å²) in [7, 11) is 2.77. The third-order valence-electron chi connectivity index (χ3n) is 4.65. The average Bonchev–Trinajstić information content (AvgIpc) is 2.82. The first-order valence-electron chi connectivity index (χ1n) is 10.4. The van der Waals surface area contributed by atoms with Gasteiger partial charge in [0, 0.05) is 0 Å². The van der Waals surface area contributed by atoms with Crippen LogP contribution in [0.2, 0.25) is 4.47 Å². The minimum atomic E-state index is -0.261. The van der Waals surface area contributed by atoms with Crippen LogP contribution in [0.3, 0.4) is 0 Å². The van der Waals surface area contributed by atoms with E-state index in [1.165, 1.54) is 28.7 Å². The van der Waals surface area contributed by atoms with Crippen LogP contribution in [0.5, 0.6) is 5.75 Å². The van der Waals surface area contributed by atoms with Crippen LogP contribution in [-0.2, 0) is 19.1 Å². The van der Waals surface area contributed by atoms with E-state index in [0.717, 1.165) is 24.5 Å². The summed E-state index contributed by atoms with van der Waals surface area (Å²) in [6.45, 7) is 1.76. The van der Waals surface area contributed by atoms with Crippen LogP contribution in [0.1, 0.15) is 25.7 Å². The number of unbranched alkanes of at least 4 members (excludes halogenated alkanes) is 1. The van der Waals surface area contributed by atoms with Crippen LogP contribution in [-0.4, -0.2) is 66.8 Å². The second-order valence-electron chi connectivity index (χ2n) is 6.85. The number of benzene rings is 2. The molecule has 7 heteroatoms. The normalized spacial score (nSPS) is 10.4. The molecule has 0 fully saturated rings. The fraction of sp³-hybridized carbons (Fsp3) is 0.417. The van der Waals surface area contributed by atoms with Crippen LogP contribution in [0.4, 0.5) is 5.69 Å². The Hall–Kier alpha value is -2.23. The molecule has 0 aliphatic heterocycles. The van der Waals surface area contributed by atoms with Gasteiger partial charge >= 0.3 is 195 Å². The van der Waals surface area contributed by atoms with Crippen molar-refractivity contribution in [1.29, 1.82) is 0 Å². The molecule has 0 heterocycles. The molecular formula is C24H31NO5Te. The monoisotopic (exact) mass is 543 g/mol. The molecule has 0 spiro atoms. The summed E-state index contributed by atoms with van der Waals surface area (Å²) in [6.07, 6.45) is 2.78. The van der Waals surface area contributed by atoms with Crippen molar-refractivity contribution in [2.45, 2.75) is 30.2 Å². The van der Waals surface area contributed by atoms with E-state index < -0.39 is 0 Å². The van der Waals surface area contributed by atoms with Gasteiger partial charge in [0.15, 0.2) is 0 Å². The first kappa shape index (κ1) is 25.0. The first-order valence-corrected chi connectivity index (χ1v) is 13.2. The summed E-state index contributed by atoms with van der Waals surface area (Å²) in [4.78, 5) is 25.1. The molecule has 0 bridgehead atoms. The molecule has 0 aliphatic carbocycles. The van der Waals surface area contributed by atoms with Gasteiger partial charge in [0.25, 0.3) is 0 Å². The number of ether oxygens (including phenoxy) is 3. The molecule has 2 aromatic carbocycles. The van der Waals surface area contributed by atoms with E-state index in [2.05, 4.69) is 24.3 Å². The van der Waals surface area contributed by atoms with Crippen molar-refractivity contribution < 1.29 is 23.8 Å². The van der Waals surface area contributed by atoms with E-state index in [-0.39, 0.29) is 45.7 Å². The van der Waals surface area contributed by atoms with Gasteiger partial charge in [0.05, 0.1) is 0 Å². The molecule has 0 radical (unpaired) electrons. The molecule has 0 atom stereocenters. The molecule has 0 unspecified atom stereocenters. The van der Waals surface area contributed by atoms with Gasteiger partial charge in [-0.1, -0.05) is 0 Å². The third kappa shape index (κ3) is 10.1. The zero-order valence-corrected chi connectivity index (χ0v) is 20.6. The summed E-state index contributed by atoms with van der Waals surface area (Å²) < 4.78 is 17.9. The number of rotatable bonds is 14. The summed E-state index contributed by atoms with van der Waals surface area (Å²) in [5.74, 6) is 0.407. The Morgan fingerprint density at radius 3 is 2.03 bits per heavy atom. The molecule has 168 valence electrons. The number of esters is 2. The number of para-hydroxylation sites is 1. The standard InChI is InChI=1S/C24H31NO5Te/c1-28-23(26)14-16-25(17-15-24(27)29-2)20-10-12-22(13-11-20)31-19-7-6-18-30-21-8-4-3-5-9-21/h3-5,8-13H,6-7,14-19H2,1-2H3. The fourth-order valence-electron chi connectivity index (χ4n) is 2.88. The van der Waals surface area contributed by atoms with Crippen molar-refractivity contribution in [1.82, 2.24) is 0 Å². The molecule has 0 saturated carbocycles. The number of carbonyl (C=O) groups is 2. The SMILES string of the molecule is COC(=O)CCN(CCC(=O)OC)c1ccc([Te]CCCCOc2ccccc2)cc1. The molecule has 0 N–H and O–H groups in total. The quantitative estimate of drug-likeness (QED) is 0.208. The van der Waals surface area contributed by atoms with Crippen molar-refractivity contribution in [3.8, 4) is 5.75 Å². The first-order chi connectivity index (χ1) is 15.1. The maximum absolute atomic E-state index is 11.5. The Morgan fingerprint density at radius 2 is 1.45 bits per heavy atom.